The monoisotopic (exact) mass is 419 g/mol. The molecule has 2 heterocycles. The molecule has 0 aliphatic carbocycles. The van der Waals surface area contributed by atoms with Crippen molar-refractivity contribution in [2.24, 2.45) is 0 Å². The molecule has 1 aliphatic heterocycles. The maximum atomic E-state index is 15.2. The van der Waals surface area contributed by atoms with Crippen LogP contribution in [0.3, 0.4) is 0 Å². The number of fused-ring (bicyclic) bond motifs is 1. The Kier molecular flexibility index (Phi) is 5.05. The van der Waals surface area contributed by atoms with Crippen LogP contribution in [-0.4, -0.2) is 36.7 Å². The Morgan fingerprint density at radius 3 is 2.66 bits per heavy atom. The lowest BCUT2D eigenvalue weighted by molar-refractivity contribution is 0.498. The Labute approximate surface area is 166 Å². The topological polar surface area (TPSA) is 110 Å². The molecule has 10 heteroatoms. The second-order valence-corrected chi connectivity index (χ2v) is 8.84. The van der Waals surface area contributed by atoms with E-state index in [4.69, 9.17) is 5.73 Å². The van der Waals surface area contributed by atoms with Crippen LogP contribution in [0.15, 0.2) is 36.5 Å². The summed E-state index contributed by atoms with van der Waals surface area (Å²) in [4.78, 5) is 7.94. The van der Waals surface area contributed by atoms with Crippen molar-refractivity contribution >= 4 is 32.6 Å². The number of nitrogen functional groups attached to an aromatic ring is 1. The number of rotatable bonds is 4. The normalized spacial score (nSPS) is 15.5. The third-order valence-electron chi connectivity index (χ3n) is 4.96. The molecule has 152 valence electrons. The standard InChI is InChI=1S/C19H19F2N5O2S/c20-14-2-4-16(26-29(27,28)13-5-7-23-8-6-13)18(21)17(14)11-1-3-15-12(9-11)10-24-19(22)25-15/h1-4,9-10,13,23,26H,5-8H2,(H2,22,24,25). The molecule has 1 saturated heterocycles. The average molecular weight is 419 g/mol. The summed E-state index contributed by atoms with van der Waals surface area (Å²) in [5.74, 6) is -1.68. The van der Waals surface area contributed by atoms with Crippen LogP contribution in [0.25, 0.3) is 22.0 Å². The van der Waals surface area contributed by atoms with E-state index >= 15 is 4.39 Å². The van der Waals surface area contributed by atoms with Gasteiger partial charge in [0.2, 0.25) is 16.0 Å². The van der Waals surface area contributed by atoms with Gasteiger partial charge in [0.15, 0.2) is 5.82 Å². The van der Waals surface area contributed by atoms with E-state index in [0.29, 0.717) is 36.8 Å². The maximum absolute atomic E-state index is 15.2. The van der Waals surface area contributed by atoms with E-state index < -0.39 is 26.9 Å². The van der Waals surface area contributed by atoms with Crippen LogP contribution in [0.4, 0.5) is 20.4 Å². The first-order valence-electron chi connectivity index (χ1n) is 9.08. The lowest BCUT2D eigenvalue weighted by atomic mass is 10.0. The number of aromatic nitrogens is 2. The maximum Gasteiger partial charge on any atom is 0.235 e. The molecule has 2 aromatic carbocycles. The van der Waals surface area contributed by atoms with Crippen molar-refractivity contribution in [2.45, 2.75) is 18.1 Å². The Bertz CT molecular complexity index is 1180. The van der Waals surface area contributed by atoms with Gasteiger partial charge in [-0.2, -0.15) is 0 Å². The molecule has 0 radical (unpaired) electrons. The minimum atomic E-state index is -3.80. The van der Waals surface area contributed by atoms with Crippen molar-refractivity contribution in [3.63, 3.8) is 0 Å². The molecule has 1 aromatic heterocycles. The van der Waals surface area contributed by atoms with E-state index in [-0.39, 0.29) is 22.8 Å². The summed E-state index contributed by atoms with van der Waals surface area (Å²) >= 11 is 0. The summed E-state index contributed by atoms with van der Waals surface area (Å²) < 4.78 is 57.2. The van der Waals surface area contributed by atoms with Gasteiger partial charge >= 0.3 is 0 Å². The molecule has 0 spiro atoms. The Balaban J connectivity index is 1.73. The van der Waals surface area contributed by atoms with Crippen LogP contribution in [0, 0.1) is 11.6 Å². The number of piperidine rings is 1. The van der Waals surface area contributed by atoms with Gasteiger partial charge in [-0.3, -0.25) is 4.72 Å². The van der Waals surface area contributed by atoms with E-state index in [1.54, 1.807) is 6.07 Å². The van der Waals surface area contributed by atoms with Gasteiger partial charge in [0.05, 0.1) is 22.0 Å². The molecule has 1 aliphatic rings. The van der Waals surface area contributed by atoms with Gasteiger partial charge in [0.25, 0.3) is 0 Å². The first-order chi connectivity index (χ1) is 13.8. The van der Waals surface area contributed by atoms with E-state index in [9.17, 15) is 12.8 Å². The largest absolute Gasteiger partial charge is 0.368 e. The molecule has 0 bridgehead atoms. The van der Waals surface area contributed by atoms with Gasteiger partial charge in [0, 0.05) is 11.6 Å². The molecule has 0 saturated carbocycles. The molecular formula is C19H19F2N5O2S. The number of hydrogen-bond acceptors (Lipinski definition) is 6. The number of benzene rings is 2. The van der Waals surface area contributed by atoms with Gasteiger partial charge in [-0.25, -0.2) is 27.2 Å². The highest BCUT2D eigenvalue weighted by molar-refractivity contribution is 7.93. The smallest absolute Gasteiger partial charge is 0.235 e. The summed E-state index contributed by atoms with van der Waals surface area (Å²) in [5.41, 5.74) is 5.71. The third kappa shape index (κ3) is 3.85. The molecule has 0 amide bonds. The summed E-state index contributed by atoms with van der Waals surface area (Å²) in [6, 6.07) is 6.75. The number of nitrogens with two attached hydrogens (primary N) is 1. The van der Waals surface area contributed by atoms with Crippen LogP contribution >= 0.6 is 0 Å². The number of hydrogen-bond donors (Lipinski definition) is 3. The highest BCUT2D eigenvalue weighted by Crippen LogP contribution is 2.33. The van der Waals surface area contributed by atoms with Gasteiger partial charge in [-0.1, -0.05) is 6.07 Å². The zero-order valence-corrected chi connectivity index (χ0v) is 16.1. The molecule has 1 fully saturated rings. The summed E-state index contributed by atoms with van der Waals surface area (Å²) in [6.07, 6.45) is 2.32. The summed E-state index contributed by atoms with van der Waals surface area (Å²) in [5, 5.41) is 3.01. The number of nitrogens with zero attached hydrogens (tertiary/aromatic N) is 2. The van der Waals surface area contributed by atoms with Crippen molar-refractivity contribution in [1.82, 2.24) is 15.3 Å². The molecule has 0 atom stereocenters. The van der Waals surface area contributed by atoms with Crippen LogP contribution in [0.1, 0.15) is 12.8 Å². The third-order valence-corrected chi connectivity index (χ3v) is 6.81. The van der Waals surface area contributed by atoms with Crippen LogP contribution < -0.4 is 15.8 Å². The average Bonchev–Trinajstić information content (AvgIpc) is 2.71. The molecule has 4 N–H and O–H groups in total. The van der Waals surface area contributed by atoms with Gasteiger partial charge < -0.3 is 11.1 Å². The SMILES string of the molecule is Nc1ncc2cc(-c3c(F)ccc(NS(=O)(=O)C4CCNCC4)c3F)ccc2n1. The van der Waals surface area contributed by atoms with Crippen LogP contribution in [-0.2, 0) is 10.0 Å². The lowest BCUT2D eigenvalue weighted by Gasteiger charge is -2.23. The minimum absolute atomic E-state index is 0.0944. The van der Waals surface area contributed by atoms with Gasteiger partial charge in [0.1, 0.15) is 5.82 Å². The zero-order valence-electron chi connectivity index (χ0n) is 15.3. The molecule has 29 heavy (non-hydrogen) atoms. The summed E-state index contributed by atoms with van der Waals surface area (Å²) in [6.45, 7) is 1.15. The fourth-order valence-corrected chi connectivity index (χ4v) is 4.93. The molecule has 0 unspecified atom stereocenters. The highest BCUT2D eigenvalue weighted by atomic mass is 32.2. The number of nitrogens with one attached hydrogen (secondary N) is 2. The Morgan fingerprint density at radius 1 is 1.14 bits per heavy atom. The first kappa shape index (κ1) is 19.5. The second-order valence-electron chi connectivity index (χ2n) is 6.88. The Morgan fingerprint density at radius 2 is 1.90 bits per heavy atom. The molecule has 4 rings (SSSR count). The van der Waals surface area contributed by atoms with E-state index in [1.165, 1.54) is 18.3 Å². The minimum Gasteiger partial charge on any atom is -0.368 e. The van der Waals surface area contributed by atoms with E-state index in [0.717, 1.165) is 12.1 Å². The van der Waals surface area contributed by atoms with E-state index in [2.05, 4.69) is 20.0 Å². The van der Waals surface area contributed by atoms with Crippen molar-refractivity contribution in [3.05, 3.63) is 48.2 Å². The number of halogens is 2. The van der Waals surface area contributed by atoms with Crippen molar-refractivity contribution in [3.8, 4) is 11.1 Å². The second kappa shape index (κ2) is 7.53. The van der Waals surface area contributed by atoms with E-state index in [1.807, 2.05) is 0 Å². The molecular weight excluding hydrogens is 400 g/mol. The molecule has 3 aromatic rings. The Hall–Kier alpha value is -2.85. The van der Waals surface area contributed by atoms with Crippen molar-refractivity contribution < 1.29 is 17.2 Å². The number of sulfonamides is 1. The van der Waals surface area contributed by atoms with Crippen LogP contribution in [0.5, 0.6) is 0 Å². The highest BCUT2D eigenvalue weighted by Gasteiger charge is 2.28. The zero-order chi connectivity index (χ0) is 20.6. The fraction of sp³-hybridized carbons (Fsp3) is 0.263. The van der Waals surface area contributed by atoms with Crippen molar-refractivity contribution in [2.75, 3.05) is 23.5 Å². The molecule has 7 nitrogen and oxygen atoms in total. The fourth-order valence-electron chi connectivity index (χ4n) is 3.44. The quantitative estimate of drug-likeness (QED) is 0.600. The first-order valence-corrected chi connectivity index (χ1v) is 10.6. The predicted octanol–water partition coefficient (Wildman–Crippen LogP) is 2.65. The van der Waals surface area contributed by atoms with Gasteiger partial charge in [-0.05, 0) is 55.8 Å². The summed E-state index contributed by atoms with van der Waals surface area (Å²) in [7, 11) is -3.80. The lowest BCUT2D eigenvalue weighted by Crippen LogP contribution is -2.38. The predicted molar refractivity (Wildman–Crippen MR) is 108 cm³/mol. The van der Waals surface area contributed by atoms with Crippen molar-refractivity contribution in [1.29, 1.82) is 0 Å². The van der Waals surface area contributed by atoms with Gasteiger partial charge in [-0.15, -0.1) is 0 Å². The van der Waals surface area contributed by atoms with Crippen LogP contribution in [0.2, 0.25) is 0 Å². The number of anilines is 2.